The molecular formula is C23H28N2O4. The van der Waals surface area contributed by atoms with Crippen LogP contribution in [0.1, 0.15) is 48.0 Å². The molecule has 0 radical (unpaired) electrons. The van der Waals surface area contributed by atoms with Crippen molar-refractivity contribution in [2.75, 3.05) is 19.5 Å². The monoisotopic (exact) mass is 396 g/mol. The Bertz CT molecular complexity index is 860. The molecule has 0 aliphatic heterocycles. The molecule has 0 saturated heterocycles. The minimum absolute atomic E-state index is 0.0849. The average molecular weight is 396 g/mol. The van der Waals surface area contributed by atoms with Crippen LogP contribution in [0.4, 0.5) is 5.69 Å². The highest BCUT2D eigenvalue weighted by atomic mass is 16.5. The van der Waals surface area contributed by atoms with Crippen LogP contribution < -0.4 is 20.1 Å². The predicted octanol–water partition coefficient (Wildman–Crippen LogP) is 3.95. The van der Waals surface area contributed by atoms with Gasteiger partial charge in [0.2, 0.25) is 5.91 Å². The van der Waals surface area contributed by atoms with E-state index in [9.17, 15) is 9.59 Å². The number of benzene rings is 2. The SMILES string of the molecule is COc1ccc(CCC(=O)Nc2cccc(C(=O)NC3CCCC3)c2)cc1OC. The molecule has 0 bridgehead atoms. The van der Waals surface area contributed by atoms with Gasteiger partial charge in [0.25, 0.3) is 5.91 Å². The summed E-state index contributed by atoms with van der Waals surface area (Å²) in [5.41, 5.74) is 2.18. The number of ether oxygens (including phenoxy) is 2. The van der Waals surface area contributed by atoms with Crippen LogP contribution in [-0.4, -0.2) is 32.1 Å². The van der Waals surface area contributed by atoms with E-state index in [0.717, 1.165) is 18.4 Å². The lowest BCUT2D eigenvalue weighted by molar-refractivity contribution is -0.116. The minimum Gasteiger partial charge on any atom is -0.493 e. The number of hydrogen-bond acceptors (Lipinski definition) is 4. The van der Waals surface area contributed by atoms with Gasteiger partial charge in [-0.15, -0.1) is 0 Å². The van der Waals surface area contributed by atoms with Gasteiger partial charge < -0.3 is 20.1 Å². The van der Waals surface area contributed by atoms with Crippen molar-refractivity contribution in [3.8, 4) is 11.5 Å². The van der Waals surface area contributed by atoms with Crippen LogP contribution in [0.3, 0.4) is 0 Å². The van der Waals surface area contributed by atoms with Crippen LogP contribution in [0.2, 0.25) is 0 Å². The first kappa shape index (κ1) is 20.7. The topological polar surface area (TPSA) is 76.7 Å². The van der Waals surface area contributed by atoms with Crippen LogP contribution in [0.5, 0.6) is 11.5 Å². The molecule has 2 aromatic carbocycles. The first-order valence-electron chi connectivity index (χ1n) is 10.0. The Morgan fingerprint density at radius 1 is 1.00 bits per heavy atom. The summed E-state index contributed by atoms with van der Waals surface area (Å²) in [5, 5.41) is 5.95. The Balaban J connectivity index is 1.54. The highest BCUT2D eigenvalue weighted by Crippen LogP contribution is 2.28. The van der Waals surface area contributed by atoms with Crippen LogP contribution in [0.15, 0.2) is 42.5 Å². The van der Waals surface area contributed by atoms with Crippen molar-refractivity contribution in [2.45, 2.75) is 44.6 Å². The summed E-state index contributed by atoms with van der Waals surface area (Å²) in [6.07, 6.45) is 5.32. The third-order valence-corrected chi connectivity index (χ3v) is 5.19. The molecule has 154 valence electrons. The molecule has 0 atom stereocenters. The molecule has 0 aromatic heterocycles. The summed E-state index contributed by atoms with van der Waals surface area (Å²) in [7, 11) is 3.18. The van der Waals surface area contributed by atoms with Crippen molar-refractivity contribution in [2.24, 2.45) is 0 Å². The fourth-order valence-corrected chi connectivity index (χ4v) is 3.59. The van der Waals surface area contributed by atoms with E-state index >= 15 is 0 Å². The molecule has 6 nitrogen and oxygen atoms in total. The Morgan fingerprint density at radius 3 is 2.48 bits per heavy atom. The van der Waals surface area contributed by atoms with Gasteiger partial charge in [-0.2, -0.15) is 0 Å². The lowest BCUT2D eigenvalue weighted by Gasteiger charge is -2.13. The standard InChI is InChI=1S/C23H28N2O4/c1-28-20-12-10-16(14-21(20)29-2)11-13-22(26)24-19-9-5-6-17(15-19)23(27)25-18-7-3-4-8-18/h5-6,9-10,12,14-15,18H,3-4,7-8,11,13H2,1-2H3,(H,24,26)(H,25,27). The minimum atomic E-state index is -0.104. The van der Waals surface area contributed by atoms with E-state index in [0.29, 0.717) is 35.6 Å². The number of methoxy groups -OCH3 is 2. The molecule has 1 aliphatic rings. The number of anilines is 1. The third kappa shape index (κ3) is 5.73. The quantitative estimate of drug-likeness (QED) is 0.708. The van der Waals surface area contributed by atoms with Crippen molar-refractivity contribution in [3.63, 3.8) is 0 Å². The second kappa shape index (κ2) is 9.96. The second-order valence-electron chi connectivity index (χ2n) is 7.27. The molecule has 1 aliphatic carbocycles. The molecule has 0 unspecified atom stereocenters. The average Bonchev–Trinajstić information content (AvgIpc) is 3.25. The molecular weight excluding hydrogens is 368 g/mol. The van der Waals surface area contributed by atoms with Gasteiger partial charge in [-0.25, -0.2) is 0 Å². The zero-order valence-electron chi connectivity index (χ0n) is 17.0. The number of carbonyl (C=O) groups is 2. The van der Waals surface area contributed by atoms with E-state index in [2.05, 4.69) is 10.6 Å². The van der Waals surface area contributed by atoms with E-state index in [1.807, 2.05) is 18.2 Å². The van der Waals surface area contributed by atoms with Crippen molar-refractivity contribution in [1.29, 1.82) is 0 Å². The lowest BCUT2D eigenvalue weighted by Crippen LogP contribution is -2.32. The fraction of sp³-hybridized carbons (Fsp3) is 0.391. The van der Waals surface area contributed by atoms with Gasteiger partial charge in [0.1, 0.15) is 0 Å². The molecule has 2 N–H and O–H groups in total. The highest BCUT2D eigenvalue weighted by Gasteiger charge is 2.18. The number of nitrogens with one attached hydrogen (secondary N) is 2. The Kier molecular flexibility index (Phi) is 7.11. The fourth-order valence-electron chi connectivity index (χ4n) is 3.59. The van der Waals surface area contributed by atoms with Gasteiger partial charge in [-0.1, -0.05) is 25.0 Å². The number of rotatable bonds is 8. The van der Waals surface area contributed by atoms with Gasteiger partial charge in [0.05, 0.1) is 14.2 Å². The first-order chi connectivity index (χ1) is 14.1. The summed E-state index contributed by atoms with van der Waals surface area (Å²) >= 11 is 0. The maximum Gasteiger partial charge on any atom is 0.251 e. The molecule has 29 heavy (non-hydrogen) atoms. The van der Waals surface area contributed by atoms with Crippen LogP contribution in [0.25, 0.3) is 0 Å². The van der Waals surface area contributed by atoms with Gasteiger partial charge >= 0.3 is 0 Å². The Hall–Kier alpha value is -3.02. The Labute approximate surface area is 171 Å². The molecule has 0 heterocycles. The van der Waals surface area contributed by atoms with Gasteiger partial charge in [-0.3, -0.25) is 9.59 Å². The molecule has 3 rings (SSSR count). The summed E-state index contributed by atoms with van der Waals surface area (Å²) in [6.45, 7) is 0. The van der Waals surface area contributed by atoms with Crippen molar-refractivity contribution in [1.82, 2.24) is 5.32 Å². The van der Waals surface area contributed by atoms with Crippen LogP contribution in [0, 0.1) is 0 Å². The van der Waals surface area contributed by atoms with Crippen LogP contribution >= 0.6 is 0 Å². The van der Waals surface area contributed by atoms with E-state index in [1.54, 1.807) is 38.5 Å². The van der Waals surface area contributed by atoms with Crippen molar-refractivity contribution < 1.29 is 19.1 Å². The lowest BCUT2D eigenvalue weighted by atomic mass is 10.1. The van der Waals surface area contributed by atoms with Gasteiger partial charge in [0.15, 0.2) is 11.5 Å². The number of hydrogen-bond donors (Lipinski definition) is 2. The van der Waals surface area contributed by atoms with E-state index in [1.165, 1.54) is 12.8 Å². The molecule has 2 aromatic rings. The zero-order chi connectivity index (χ0) is 20.6. The number of aryl methyl sites for hydroxylation is 1. The molecule has 1 fully saturated rings. The summed E-state index contributed by atoms with van der Waals surface area (Å²) in [6, 6.07) is 13.0. The third-order valence-electron chi connectivity index (χ3n) is 5.19. The van der Waals surface area contributed by atoms with E-state index < -0.39 is 0 Å². The maximum atomic E-state index is 12.4. The maximum absolute atomic E-state index is 12.4. The Morgan fingerprint density at radius 2 is 1.76 bits per heavy atom. The van der Waals surface area contributed by atoms with Crippen LogP contribution in [-0.2, 0) is 11.2 Å². The molecule has 6 heteroatoms. The second-order valence-corrected chi connectivity index (χ2v) is 7.27. The number of carbonyl (C=O) groups excluding carboxylic acids is 2. The van der Waals surface area contributed by atoms with Crippen molar-refractivity contribution >= 4 is 17.5 Å². The highest BCUT2D eigenvalue weighted by molar-refractivity contribution is 5.97. The summed E-state index contributed by atoms with van der Waals surface area (Å²) < 4.78 is 10.5. The zero-order valence-corrected chi connectivity index (χ0v) is 17.0. The summed E-state index contributed by atoms with van der Waals surface area (Å²) in [5.74, 6) is 1.12. The predicted molar refractivity (Wildman–Crippen MR) is 113 cm³/mol. The normalized spacial score (nSPS) is 13.7. The molecule has 2 amide bonds. The largest absolute Gasteiger partial charge is 0.493 e. The van der Waals surface area contributed by atoms with Crippen molar-refractivity contribution in [3.05, 3.63) is 53.6 Å². The smallest absolute Gasteiger partial charge is 0.251 e. The van der Waals surface area contributed by atoms with E-state index in [4.69, 9.17) is 9.47 Å². The first-order valence-corrected chi connectivity index (χ1v) is 10.0. The van der Waals surface area contributed by atoms with E-state index in [-0.39, 0.29) is 17.9 Å². The van der Waals surface area contributed by atoms with Gasteiger partial charge in [0, 0.05) is 23.7 Å². The van der Waals surface area contributed by atoms with Gasteiger partial charge in [-0.05, 0) is 55.2 Å². The molecule has 1 saturated carbocycles. The number of amides is 2. The molecule has 0 spiro atoms. The summed E-state index contributed by atoms with van der Waals surface area (Å²) in [4.78, 5) is 24.8.